The molecule has 0 saturated carbocycles. The number of ether oxygens (including phenoxy) is 6. The maximum Gasteiger partial charge on any atom is 0.410 e. The van der Waals surface area contributed by atoms with Crippen LogP contribution in [0, 0.1) is 0 Å². The van der Waals surface area contributed by atoms with E-state index in [1.165, 1.54) is 5.56 Å². The standard InChI is InChI=1S/C54H76N2O8Si/c1-38(2)65(39(3)4,40(5)6)64-51-34-56(53(57)62-35-41-18-12-11-13-19-41)33-50(63-49(22-16-29-58-9)43-25-28-46-47(32-43)55-37-54(46,7)8)52(51)42-23-26-45(27-24-42)61-31-17-30-60-36-44-20-14-15-21-48(44)59-10/h11-15,18-21,23-28,32,38-40,49-52,55H,16-17,22,29-31,33-37H2,1-10H3/t49?,50-,51+,52+/m0/s1. The van der Waals surface area contributed by atoms with Crippen molar-refractivity contribution in [1.29, 1.82) is 0 Å². The summed E-state index contributed by atoms with van der Waals surface area (Å²) in [6.07, 6.45) is 0.911. The van der Waals surface area contributed by atoms with Crippen LogP contribution in [0.5, 0.6) is 11.5 Å². The van der Waals surface area contributed by atoms with E-state index in [9.17, 15) is 4.79 Å². The average molecular weight is 909 g/mol. The third kappa shape index (κ3) is 12.5. The summed E-state index contributed by atoms with van der Waals surface area (Å²) < 4.78 is 44.6. The molecule has 0 aliphatic carbocycles. The second-order valence-corrected chi connectivity index (χ2v) is 24.8. The van der Waals surface area contributed by atoms with E-state index in [-0.39, 0.29) is 36.2 Å². The molecule has 0 radical (unpaired) electrons. The third-order valence-electron chi connectivity index (χ3n) is 13.6. The van der Waals surface area contributed by atoms with E-state index >= 15 is 0 Å². The molecule has 0 spiro atoms. The molecule has 1 fully saturated rings. The number of hydrogen-bond acceptors (Lipinski definition) is 9. The van der Waals surface area contributed by atoms with Crippen molar-refractivity contribution in [2.75, 3.05) is 59.0 Å². The van der Waals surface area contributed by atoms with Crippen LogP contribution in [0.2, 0.25) is 16.6 Å². The summed E-state index contributed by atoms with van der Waals surface area (Å²) in [5, 5.41) is 3.66. The van der Waals surface area contributed by atoms with Crippen molar-refractivity contribution in [3.63, 3.8) is 0 Å². The second-order valence-electron chi connectivity index (χ2n) is 19.4. The van der Waals surface area contributed by atoms with Gasteiger partial charge < -0.3 is 43.1 Å². The first-order valence-corrected chi connectivity index (χ1v) is 26.0. The third-order valence-corrected chi connectivity index (χ3v) is 19.7. The fraction of sp³-hybridized carbons (Fsp3) is 0.537. The lowest BCUT2D eigenvalue weighted by Crippen LogP contribution is -2.60. The Kier molecular flexibility index (Phi) is 18.0. The first kappa shape index (κ1) is 50.0. The van der Waals surface area contributed by atoms with E-state index in [2.05, 4.69) is 103 Å². The monoisotopic (exact) mass is 909 g/mol. The number of carbonyl (C=O) groups excluding carboxylic acids is 1. The lowest BCUT2D eigenvalue weighted by atomic mass is 9.84. The van der Waals surface area contributed by atoms with Gasteiger partial charge in [-0.25, -0.2) is 4.79 Å². The van der Waals surface area contributed by atoms with Crippen molar-refractivity contribution in [2.45, 2.75) is 134 Å². The van der Waals surface area contributed by atoms with Gasteiger partial charge in [0.15, 0.2) is 0 Å². The van der Waals surface area contributed by atoms with Crippen LogP contribution in [0.4, 0.5) is 10.5 Å². The van der Waals surface area contributed by atoms with Gasteiger partial charge in [0.05, 0.1) is 51.8 Å². The summed E-state index contributed by atoms with van der Waals surface area (Å²) in [6, 6.07) is 33.0. The Morgan fingerprint density at radius 2 is 1.48 bits per heavy atom. The van der Waals surface area contributed by atoms with Crippen molar-refractivity contribution in [3.05, 3.63) is 125 Å². The predicted octanol–water partition coefficient (Wildman–Crippen LogP) is 12.2. The Balaban J connectivity index is 1.31. The zero-order chi connectivity index (χ0) is 46.6. The van der Waals surface area contributed by atoms with Crippen LogP contribution in [0.15, 0.2) is 97.1 Å². The zero-order valence-corrected chi connectivity index (χ0v) is 41.8. The van der Waals surface area contributed by atoms with Gasteiger partial charge in [0, 0.05) is 55.8 Å². The average Bonchev–Trinajstić information content (AvgIpc) is 3.61. The van der Waals surface area contributed by atoms with Gasteiger partial charge in [0.25, 0.3) is 0 Å². The molecule has 2 aliphatic heterocycles. The summed E-state index contributed by atoms with van der Waals surface area (Å²) in [5.41, 5.74) is 7.68. The predicted molar refractivity (Wildman–Crippen MR) is 263 cm³/mol. The highest BCUT2D eigenvalue weighted by Gasteiger charge is 2.51. The second kappa shape index (κ2) is 23.4. The minimum atomic E-state index is -2.48. The Morgan fingerprint density at radius 3 is 2.17 bits per heavy atom. The van der Waals surface area contributed by atoms with E-state index in [1.54, 1.807) is 14.2 Å². The number of fused-ring (bicyclic) bond motifs is 1. The molecule has 1 amide bonds. The molecule has 2 heterocycles. The first-order valence-electron chi connectivity index (χ1n) is 23.9. The number of hydrogen-bond donors (Lipinski definition) is 1. The van der Waals surface area contributed by atoms with Crippen LogP contribution in [-0.4, -0.2) is 85.2 Å². The Labute approximate surface area is 390 Å². The number of piperidine rings is 1. The number of amides is 1. The molecule has 1 N–H and O–H groups in total. The molecule has 4 atom stereocenters. The highest BCUT2D eigenvalue weighted by Crippen LogP contribution is 2.47. The molecule has 6 rings (SSSR count). The Hall–Kier alpha value is -4.39. The highest BCUT2D eigenvalue weighted by molar-refractivity contribution is 6.77. The molecule has 0 bridgehead atoms. The summed E-state index contributed by atoms with van der Waals surface area (Å²) >= 11 is 0. The molecule has 10 nitrogen and oxygen atoms in total. The van der Waals surface area contributed by atoms with E-state index in [0.29, 0.717) is 56.1 Å². The van der Waals surface area contributed by atoms with Crippen LogP contribution in [0.1, 0.15) is 114 Å². The maximum absolute atomic E-state index is 14.3. The number of likely N-dealkylation sites (tertiary alicyclic amines) is 1. The van der Waals surface area contributed by atoms with Gasteiger partial charge in [-0.05, 0) is 76.0 Å². The van der Waals surface area contributed by atoms with Crippen LogP contribution in [-0.2, 0) is 42.0 Å². The molecule has 1 unspecified atom stereocenters. The SMILES string of the molecule is COCCCC(O[C@H]1CN(C(=O)OCc2ccccc2)C[C@@H](O[Si](C(C)C)(C(C)C)C(C)C)[C@@H]1c1ccc(OCCCOCc2ccccc2OC)cc1)c1ccc2c(c1)NCC2(C)C. The Bertz CT molecular complexity index is 2050. The zero-order valence-electron chi connectivity index (χ0n) is 40.8. The topological polar surface area (TPSA) is 97.0 Å². The van der Waals surface area contributed by atoms with Crippen LogP contribution in [0.3, 0.4) is 0 Å². The molecule has 2 aliphatic rings. The highest BCUT2D eigenvalue weighted by atomic mass is 28.4. The number of rotatable bonds is 23. The number of benzene rings is 4. The minimum Gasteiger partial charge on any atom is -0.496 e. The fourth-order valence-corrected chi connectivity index (χ4v) is 15.8. The van der Waals surface area contributed by atoms with Gasteiger partial charge in [-0.15, -0.1) is 0 Å². The summed E-state index contributed by atoms with van der Waals surface area (Å²) in [5.74, 6) is 1.43. The minimum absolute atomic E-state index is 0.0419. The van der Waals surface area contributed by atoms with Crippen molar-refractivity contribution >= 4 is 20.1 Å². The lowest BCUT2D eigenvalue weighted by molar-refractivity contribution is -0.0943. The molecule has 4 aromatic carbocycles. The van der Waals surface area contributed by atoms with Gasteiger partial charge in [-0.2, -0.15) is 0 Å². The van der Waals surface area contributed by atoms with Crippen molar-refractivity contribution in [3.8, 4) is 11.5 Å². The molecule has 0 aromatic heterocycles. The van der Waals surface area contributed by atoms with Crippen molar-refractivity contribution in [1.82, 2.24) is 4.90 Å². The van der Waals surface area contributed by atoms with Gasteiger partial charge in [-0.3, -0.25) is 0 Å². The van der Waals surface area contributed by atoms with Crippen molar-refractivity contribution < 1.29 is 37.6 Å². The van der Waals surface area contributed by atoms with Gasteiger partial charge in [0.1, 0.15) is 18.1 Å². The number of nitrogens with zero attached hydrogens (tertiary/aromatic N) is 1. The number of nitrogens with one attached hydrogen (secondary N) is 1. The van der Waals surface area contributed by atoms with Crippen molar-refractivity contribution in [2.24, 2.45) is 0 Å². The summed E-state index contributed by atoms with van der Waals surface area (Å²) in [6.45, 7) is 22.4. The number of para-hydroxylation sites is 1. The quantitative estimate of drug-likeness (QED) is 0.0576. The summed E-state index contributed by atoms with van der Waals surface area (Å²) in [4.78, 5) is 16.1. The van der Waals surface area contributed by atoms with Gasteiger partial charge >= 0.3 is 6.09 Å². The van der Waals surface area contributed by atoms with Gasteiger partial charge in [0.2, 0.25) is 8.32 Å². The van der Waals surface area contributed by atoms with Crippen LogP contribution >= 0.6 is 0 Å². The smallest absolute Gasteiger partial charge is 0.410 e. The summed E-state index contributed by atoms with van der Waals surface area (Å²) in [7, 11) is 0.943. The molecule has 65 heavy (non-hydrogen) atoms. The molecular formula is C54H76N2O8Si. The molecule has 4 aromatic rings. The largest absolute Gasteiger partial charge is 0.496 e. The Morgan fingerprint density at radius 1 is 0.785 bits per heavy atom. The van der Waals surface area contributed by atoms with E-state index in [4.69, 9.17) is 32.8 Å². The molecule has 354 valence electrons. The van der Waals surface area contributed by atoms with E-state index in [1.807, 2.05) is 59.5 Å². The van der Waals surface area contributed by atoms with Crippen LogP contribution < -0.4 is 14.8 Å². The maximum atomic E-state index is 14.3. The number of carbonyl (C=O) groups is 1. The first-order chi connectivity index (χ1) is 31.3. The van der Waals surface area contributed by atoms with Gasteiger partial charge in [-0.1, -0.05) is 128 Å². The normalized spacial score (nSPS) is 18.7. The van der Waals surface area contributed by atoms with Crippen LogP contribution in [0.25, 0.3) is 0 Å². The fourth-order valence-electron chi connectivity index (χ4n) is 10.3. The lowest BCUT2D eigenvalue weighted by Gasteiger charge is -2.51. The number of anilines is 1. The van der Waals surface area contributed by atoms with E-state index in [0.717, 1.165) is 65.2 Å². The molecule has 1 saturated heterocycles. The number of methoxy groups -OCH3 is 2. The van der Waals surface area contributed by atoms with E-state index < -0.39 is 14.4 Å². The molecule has 11 heteroatoms. The molecular weight excluding hydrogens is 833 g/mol.